The van der Waals surface area contributed by atoms with E-state index in [0.29, 0.717) is 6.54 Å². The number of urea groups is 1. The molecule has 0 saturated carbocycles. The number of nitro benzene ring substituents is 1. The first-order valence-corrected chi connectivity index (χ1v) is 10.2. The second kappa shape index (κ2) is 10.7. The number of hydrogen-bond donors (Lipinski definition) is 2. The molecule has 1 heterocycles. The molecule has 172 valence electrons. The molecule has 1 saturated heterocycles. The Labute approximate surface area is 184 Å². The van der Waals surface area contributed by atoms with Crippen LogP contribution in [0.4, 0.5) is 30.6 Å². The van der Waals surface area contributed by atoms with Crippen molar-refractivity contribution in [2.75, 3.05) is 42.9 Å². The Morgan fingerprint density at radius 3 is 2.47 bits per heavy atom. The maximum atomic E-state index is 12.6. The van der Waals surface area contributed by atoms with Crippen LogP contribution in [0.3, 0.4) is 0 Å². The Balaban J connectivity index is 1.51. The lowest BCUT2D eigenvalue weighted by molar-refractivity contribution is -0.384. The summed E-state index contributed by atoms with van der Waals surface area (Å²) in [4.78, 5) is 27.1. The molecule has 2 amide bonds. The fraction of sp³-hybridized carbons (Fsp3) is 0.381. The SMILES string of the molecule is CC(CNC(=O)Nc1cc([N+](=O)[O-])ccc1OC(F)F)N1CCN(c2ccccc2)CC1. The standard InChI is InChI=1S/C21H25F2N5O4/c1-15(26-9-11-27(12-10-26)16-5-3-2-4-6-16)14-24-21(29)25-18-13-17(28(30)31)7-8-19(18)32-20(22)23/h2-8,13,15,20H,9-12,14H2,1H3,(H2,24,25,29). The molecule has 0 radical (unpaired) electrons. The zero-order valence-electron chi connectivity index (χ0n) is 17.5. The largest absolute Gasteiger partial charge is 0.433 e. The van der Waals surface area contributed by atoms with Crippen LogP contribution in [-0.2, 0) is 0 Å². The number of para-hydroxylation sites is 1. The van der Waals surface area contributed by atoms with Gasteiger partial charge < -0.3 is 20.3 Å². The zero-order valence-corrected chi connectivity index (χ0v) is 17.5. The Hall–Kier alpha value is -3.47. The minimum absolute atomic E-state index is 0.0422. The third kappa shape index (κ3) is 6.27. The molecule has 1 unspecified atom stereocenters. The smallest absolute Gasteiger partial charge is 0.387 e. The summed E-state index contributed by atoms with van der Waals surface area (Å²) in [6.45, 7) is 2.56. The number of nitrogens with zero attached hydrogens (tertiary/aromatic N) is 3. The van der Waals surface area contributed by atoms with E-state index in [1.165, 1.54) is 5.69 Å². The van der Waals surface area contributed by atoms with Gasteiger partial charge in [0.1, 0.15) is 5.75 Å². The number of carbonyl (C=O) groups excluding carboxylic acids is 1. The summed E-state index contributed by atoms with van der Waals surface area (Å²) < 4.78 is 29.5. The van der Waals surface area contributed by atoms with Crippen LogP contribution in [0.5, 0.6) is 5.75 Å². The summed E-state index contributed by atoms with van der Waals surface area (Å²) in [6.07, 6.45) is 0. The number of non-ortho nitro benzene ring substituents is 1. The number of anilines is 2. The van der Waals surface area contributed by atoms with Crippen LogP contribution in [0.25, 0.3) is 0 Å². The molecular weight excluding hydrogens is 424 g/mol. The Bertz CT molecular complexity index is 924. The van der Waals surface area contributed by atoms with E-state index in [1.54, 1.807) is 0 Å². The highest BCUT2D eigenvalue weighted by Gasteiger charge is 2.22. The van der Waals surface area contributed by atoms with E-state index >= 15 is 0 Å². The van der Waals surface area contributed by atoms with E-state index in [-0.39, 0.29) is 23.2 Å². The van der Waals surface area contributed by atoms with Crippen LogP contribution in [-0.4, -0.2) is 61.2 Å². The first kappa shape index (κ1) is 23.2. The molecule has 0 aromatic heterocycles. The third-order valence-electron chi connectivity index (χ3n) is 5.26. The van der Waals surface area contributed by atoms with Gasteiger partial charge in [0.25, 0.3) is 5.69 Å². The number of nitro groups is 1. The molecule has 32 heavy (non-hydrogen) atoms. The van der Waals surface area contributed by atoms with Gasteiger partial charge in [0.15, 0.2) is 0 Å². The molecule has 1 aliphatic rings. The monoisotopic (exact) mass is 449 g/mol. The van der Waals surface area contributed by atoms with Gasteiger partial charge in [-0.05, 0) is 25.1 Å². The molecule has 2 N–H and O–H groups in total. The van der Waals surface area contributed by atoms with Gasteiger partial charge in [0, 0.05) is 56.6 Å². The predicted octanol–water partition coefficient (Wildman–Crippen LogP) is 3.53. The summed E-state index contributed by atoms with van der Waals surface area (Å²) in [6, 6.07) is 12.5. The average molecular weight is 449 g/mol. The van der Waals surface area contributed by atoms with Crippen molar-refractivity contribution in [3.05, 3.63) is 58.6 Å². The Kier molecular flexibility index (Phi) is 7.77. The third-order valence-corrected chi connectivity index (χ3v) is 5.26. The number of piperazine rings is 1. The van der Waals surface area contributed by atoms with Crippen LogP contribution in [0, 0.1) is 10.1 Å². The first-order valence-electron chi connectivity index (χ1n) is 10.2. The lowest BCUT2D eigenvalue weighted by atomic mass is 10.2. The lowest BCUT2D eigenvalue weighted by Gasteiger charge is -2.39. The van der Waals surface area contributed by atoms with Crippen LogP contribution in [0.15, 0.2) is 48.5 Å². The zero-order chi connectivity index (χ0) is 23.1. The molecular formula is C21H25F2N5O4. The second-order valence-corrected chi connectivity index (χ2v) is 7.36. The summed E-state index contributed by atoms with van der Waals surface area (Å²) in [5, 5.41) is 16.0. The Morgan fingerprint density at radius 2 is 1.84 bits per heavy atom. The van der Waals surface area contributed by atoms with Gasteiger partial charge in [0.2, 0.25) is 0 Å². The molecule has 1 atom stereocenters. The molecule has 0 aliphatic carbocycles. The number of benzene rings is 2. The topological polar surface area (TPSA) is 100.0 Å². The maximum Gasteiger partial charge on any atom is 0.387 e. The highest BCUT2D eigenvalue weighted by Crippen LogP contribution is 2.30. The van der Waals surface area contributed by atoms with Crippen molar-refractivity contribution in [2.24, 2.45) is 0 Å². The van der Waals surface area contributed by atoms with Gasteiger partial charge in [-0.25, -0.2) is 4.79 Å². The quantitative estimate of drug-likeness (QED) is 0.473. The summed E-state index contributed by atoms with van der Waals surface area (Å²) in [5.74, 6) is -0.356. The van der Waals surface area contributed by atoms with Crippen molar-refractivity contribution >= 4 is 23.1 Å². The Morgan fingerprint density at radius 1 is 1.16 bits per heavy atom. The van der Waals surface area contributed by atoms with E-state index in [1.807, 2.05) is 25.1 Å². The van der Waals surface area contributed by atoms with Crippen LogP contribution < -0.4 is 20.3 Å². The normalized spacial score (nSPS) is 15.3. The molecule has 11 heteroatoms. The van der Waals surface area contributed by atoms with E-state index in [4.69, 9.17) is 0 Å². The van der Waals surface area contributed by atoms with Gasteiger partial charge >= 0.3 is 12.6 Å². The van der Waals surface area contributed by atoms with Crippen molar-refractivity contribution in [2.45, 2.75) is 19.6 Å². The van der Waals surface area contributed by atoms with Crippen LogP contribution in [0.1, 0.15) is 6.92 Å². The van der Waals surface area contributed by atoms with E-state index in [9.17, 15) is 23.7 Å². The molecule has 1 fully saturated rings. The molecule has 3 rings (SSSR count). The van der Waals surface area contributed by atoms with Crippen molar-refractivity contribution in [3.63, 3.8) is 0 Å². The van der Waals surface area contributed by atoms with E-state index < -0.39 is 17.6 Å². The van der Waals surface area contributed by atoms with Crippen molar-refractivity contribution in [3.8, 4) is 5.75 Å². The van der Waals surface area contributed by atoms with Crippen LogP contribution >= 0.6 is 0 Å². The molecule has 1 aliphatic heterocycles. The minimum Gasteiger partial charge on any atom is -0.433 e. The lowest BCUT2D eigenvalue weighted by Crippen LogP contribution is -2.52. The van der Waals surface area contributed by atoms with Crippen LogP contribution in [0.2, 0.25) is 0 Å². The number of amides is 2. The minimum atomic E-state index is -3.13. The number of rotatable bonds is 8. The van der Waals surface area contributed by atoms with E-state index in [2.05, 4.69) is 37.3 Å². The molecule has 9 nitrogen and oxygen atoms in total. The predicted molar refractivity (Wildman–Crippen MR) is 116 cm³/mol. The average Bonchev–Trinajstić information content (AvgIpc) is 2.79. The van der Waals surface area contributed by atoms with Crippen molar-refractivity contribution in [1.82, 2.24) is 10.2 Å². The van der Waals surface area contributed by atoms with Gasteiger partial charge in [-0.15, -0.1) is 0 Å². The van der Waals surface area contributed by atoms with Gasteiger partial charge in [-0.3, -0.25) is 15.0 Å². The first-order chi connectivity index (χ1) is 15.3. The number of nitrogens with one attached hydrogen (secondary N) is 2. The summed E-state index contributed by atoms with van der Waals surface area (Å²) in [7, 11) is 0. The number of carbonyl (C=O) groups is 1. The van der Waals surface area contributed by atoms with Gasteiger partial charge in [-0.2, -0.15) is 8.78 Å². The summed E-state index contributed by atoms with van der Waals surface area (Å²) in [5.41, 5.74) is 0.615. The second-order valence-electron chi connectivity index (χ2n) is 7.36. The van der Waals surface area contributed by atoms with E-state index in [0.717, 1.165) is 44.4 Å². The fourth-order valence-electron chi connectivity index (χ4n) is 3.52. The highest BCUT2D eigenvalue weighted by molar-refractivity contribution is 5.91. The number of hydrogen-bond acceptors (Lipinski definition) is 6. The number of ether oxygens (including phenoxy) is 1. The fourth-order valence-corrected chi connectivity index (χ4v) is 3.52. The van der Waals surface area contributed by atoms with Gasteiger partial charge in [0.05, 0.1) is 10.6 Å². The number of alkyl halides is 2. The number of halogens is 2. The van der Waals surface area contributed by atoms with Gasteiger partial charge in [-0.1, -0.05) is 18.2 Å². The molecule has 2 aromatic carbocycles. The molecule has 0 bridgehead atoms. The molecule has 0 spiro atoms. The maximum absolute atomic E-state index is 12.6. The van der Waals surface area contributed by atoms with Crippen molar-refractivity contribution < 1.29 is 23.2 Å². The highest BCUT2D eigenvalue weighted by atomic mass is 19.3. The summed E-state index contributed by atoms with van der Waals surface area (Å²) >= 11 is 0. The molecule has 2 aromatic rings. The van der Waals surface area contributed by atoms with Crippen molar-refractivity contribution in [1.29, 1.82) is 0 Å².